The molecule has 0 aliphatic heterocycles. The average Bonchev–Trinajstić information content (AvgIpc) is 3.69. The molecule has 0 fully saturated rings. The van der Waals surface area contributed by atoms with Gasteiger partial charge in [0, 0.05) is 39.1 Å². The zero-order valence-electron chi connectivity index (χ0n) is 27.4. The van der Waals surface area contributed by atoms with E-state index < -0.39 is 0 Å². The van der Waals surface area contributed by atoms with Crippen molar-refractivity contribution in [2.24, 2.45) is 0 Å². The van der Waals surface area contributed by atoms with Gasteiger partial charge in [-0.2, -0.15) is 10.5 Å². The maximum Gasteiger partial charge on any atom is 0.101 e. The Morgan fingerprint density at radius 3 is 2.24 bits per heavy atom. The summed E-state index contributed by atoms with van der Waals surface area (Å²) in [5, 5.41) is 24.1. The lowest BCUT2D eigenvalue weighted by molar-refractivity contribution is 0.570. The summed E-state index contributed by atoms with van der Waals surface area (Å²) < 4.78 is 4.70. The van der Waals surface area contributed by atoms with E-state index in [1.54, 1.807) is 0 Å². The van der Waals surface area contributed by atoms with Crippen molar-refractivity contribution in [1.29, 1.82) is 10.5 Å². The van der Waals surface area contributed by atoms with Crippen LogP contribution >= 0.6 is 0 Å². The van der Waals surface area contributed by atoms with Crippen LogP contribution in [0, 0.1) is 22.7 Å². The minimum absolute atomic E-state index is 0.125. The quantitative estimate of drug-likeness (QED) is 0.194. The van der Waals surface area contributed by atoms with Crippen LogP contribution in [0.25, 0.3) is 49.7 Å². The maximum atomic E-state index is 10.3. The third-order valence-electron chi connectivity index (χ3n) is 10.6. The third kappa shape index (κ3) is 4.56. The van der Waals surface area contributed by atoms with Crippen molar-refractivity contribution in [3.63, 3.8) is 0 Å². The number of nitriles is 2. The highest BCUT2D eigenvalue weighted by Crippen LogP contribution is 2.44. The third-order valence-corrected chi connectivity index (χ3v) is 10.6. The molecule has 5 aromatic carbocycles. The van der Waals surface area contributed by atoms with E-state index in [1.807, 2.05) is 24.3 Å². The molecule has 2 atom stereocenters. The second kappa shape index (κ2) is 11.6. The van der Waals surface area contributed by atoms with E-state index in [4.69, 9.17) is 0 Å². The SMILES string of the molecule is CC1CCCc2c1n(-c1ccccc1C1C=C(c3cc(C#N)cc(-n4c5ccccc5c5ccccc54)c3)C=CC1)c1c(C#N)cccc21. The largest absolute Gasteiger partial charge is 0.311 e. The van der Waals surface area contributed by atoms with Gasteiger partial charge in [0.1, 0.15) is 6.07 Å². The number of benzene rings is 5. The number of fused-ring (bicyclic) bond motifs is 6. The molecular weight excluding hydrogens is 597 g/mol. The average molecular weight is 631 g/mol. The molecule has 0 bridgehead atoms. The summed E-state index contributed by atoms with van der Waals surface area (Å²) >= 11 is 0. The summed E-state index contributed by atoms with van der Waals surface area (Å²) in [6.45, 7) is 2.33. The molecule has 0 saturated carbocycles. The van der Waals surface area contributed by atoms with Gasteiger partial charge in [0.15, 0.2) is 0 Å². The van der Waals surface area contributed by atoms with E-state index in [0.29, 0.717) is 11.5 Å². The summed E-state index contributed by atoms with van der Waals surface area (Å²) in [5.74, 6) is 0.529. The van der Waals surface area contributed by atoms with Gasteiger partial charge in [-0.25, -0.2) is 0 Å². The van der Waals surface area contributed by atoms with Crippen LogP contribution in [0.1, 0.15) is 71.5 Å². The molecule has 0 N–H and O–H groups in total. The minimum atomic E-state index is 0.125. The first kappa shape index (κ1) is 29.1. The van der Waals surface area contributed by atoms with Gasteiger partial charge < -0.3 is 9.13 Å². The second-order valence-corrected chi connectivity index (χ2v) is 13.5. The van der Waals surface area contributed by atoms with Crippen molar-refractivity contribution in [3.05, 3.63) is 161 Å². The predicted octanol–water partition coefficient (Wildman–Crippen LogP) is 11.0. The van der Waals surface area contributed by atoms with Crippen LogP contribution in [0.2, 0.25) is 0 Å². The Kier molecular flexibility index (Phi) is 6.85. The molecular formula is C45H34N4. The van der Waals surface area contributed by atoms with Crippen LogP contribution in [0.15, 0.2) is 127 Å². The molecule has 49 heavy (non-hydrogen) atoms. The lowest BCUT2D eigenvalue weighted by Gasteiger charge is -2.26. The van der Waals surface area contributed by atoms with Gasteiger partial charge in [-0.3, -0.25) is 0 Å². The van der Waals surface area contributed by atoms with Crippen molar-refractivity contribution in [2.75, 3.05) is 0 Å². The molecule has 7 aromatic rings. The summed E-state index contributed by atoms with van der Waals surface area (Å²) in [6, 6.07) is 43.1. The Labute approximate surface area is 286 Å². The molecule has 2 aliphatic carbocycles. The van der Waals surface area contributed by atoms with Gasteiger partial charge >= 0.3 is 0 Å². The maximum absolute atomic E-state index is 10.3. The molecule has 0 radical (unpaired) electrons. The topological polar surface area (TPSA) is 57.4 Å². The van der Waals surface area contributed by atoms with E-state index in [-0.39, 0.29) is 5.92 Å². The minimum Gasteiger partial charge on any atom is -0.311 e. The number of aromatic nitrogens is 2. The molecule has 2 aromatic heterocycles. The lowest BCUT2D eigenvalue weighted by Crippen LogP contribution is -2.13. The van der Waals surface area contributed by atoms with E-state index in [1.165, 1.54) is 39.4 Å². The Morgan fingerprint density at radius 1 is 0.735 bits per heavy atom. The van der Waals surface area contributed by atoms with Crippen molar-refractivity contribution >= 4 is 38.3 Å². The number of hydrogen-bond donors (Lipinski definition) is 0. The second-order valence-electron chi connectivity index (χ2n) is 13.5. The Morgan fingerprint density at radius 2 is 1.47 bits per heavy atom. The smallest absolute Gasteiger partial charge is 0.101 e. The Balaban J connectivity index is 1.21. The number of nitrogens with zero attached hydrogens (tertiary/aromatic N) is 4. The van der Waals surface area contributed by atoms with Crippen molar-refractivity contribution in [3.8, 4) is 23.5 Å². The zero-order chi connectivity index (χ0) is 33.1. The van der Waals surface area contributed by atoms with E-state index in [0.717, 1.165) is 63.9 Å². The summed E-state index contributed by atoms with van der Waals surface area (Å²) in [7, 11) is 0. The number of para-hydroxylation sites is 4. The summed E-state index contributed by atoms with van der Waals surface area (Å²) in [4.78, 5) is 0. The van der Waals surface area contributed by atoms with Gasteiger partial charge in [-0.05, 0) is 96.3 Å². The van der Waals surface area contributed by atoms with Crippen molar-refractivity contribution in [1.82, 2.24) is 9.13 Å². The summed E-state index contributed by atoms with van der Waals surface area (Å²) in [6.07, 6.45) is 11.1. The standard InChI is InChI=1S/C45H34N4/c1-29-11-8-18-39-40-19-10-14-33(28-47)45(40)49(44(29)39)41-20-5-2-15-36(41)32-13-9-12-31(25-32)34-23-30(27-46)24-35(26-34)48-42-21-6-3-16-37(42)38-17-4-7-22-43(38)48/h2-7,9-10,12,14-17,19-26,29,32H,8,11,13,18H2,1H3. The van der Waals surface area contributed by atoms with Crippen LogP contribution in [0.3, 0.4) is 0 Å². The van der Waals surface area contributed by atoms with Crippen molar-refractivity contribution in [2.45, 2.75) is 44.4 Å². The van der Waals surface area contributed by atoms with Gasteiger partial charge in [0.25, 0.3) is 0 Å². The van der Waals surface area contributed by atoms with E-state index in [2.05, 4.69) is 131 Å². The van der Waals surface area contributed by atoms with Crippen LogP contribution < -0.4 is 0 Å². The highest BCUT2D eigenvalue weighted by Gasteiger charge is 2.29. The zero-order valence-corrected chi connectivity index (χ0v) is 27.4. The summed E-state index contributed by atoms with van der Waals surface area (Å²) in [5.41, 5.74) is 12.9. The molecule has 4 nitrogen and oxygen atoms in total. The first-order valence-electron chi connectivity index (χ1n) is 17.2. The molecule has 234 valence electrons. The van der Waals surface area contributed by atoms with E-state index in [9.17, 15) is 10.5 Å². The monoisotopic (exact) mass is 630 g/mol. The molecule has 2 aliphatic rings. The number of rotatable bonds is 4. The molecule has 2 heterocycles. The molecule has 4 heteroatoms. The Hall–Kier alpha value is -6.10. The number of aryl methyl sites for hydroxylation is 1. The van der Waals surface area contributed by atoms with Crippen LogP contribution in [0.5, 0.6) is 0 Å². The van der Waals surface area contributed by atoms with Gasteiger partial charge in [0.2, 0.25) is 0 Å². The molecule has 2 unspecified atom stereocenters. The van der Waals surface area contributed by atoms with Crippen LogP contribution in [-0.4, -0.2) is 9.13 Å². The fraction of sp³-hybridized carbons (Fsp3) is 0.156. The normalized spacial score (nSPS) is 17.2. The highest BCUT2D eigenvalue weighted by atomic mass is 15.0. The molecule has 9 rings (SSSR count). The predicted molar refractivity (Wildman–Crippen MR) is 199 cm³/mol. The highest BCUT2D eigenvalue weighted by molar-refractivity contribution is 6.09. The number of allylic oxidation sites excluding steroid dienone is 4. The molecule has 0 saturated heterocycles. The molecule has 0 spiro atoms. The van der Waals surface area contributed by atoms with Gasteiger partial charge in [-0.1, -0.05) is 91.9 Å². The van der Waals surface area contributed by atoms with Crippen molar-refractivity contribution < 1.29 is 0 Å². The molecule has 0 amide bonds. The first-order chi connectivity index (χ1) is 24.1. The van der Waals surface area contributed by atoms with E-state index >= 15 is 0 Å². The Bertz CT molecular complexity index is 2560. The lowest BCUT2D eigenvalue weighted by atomic mass is 9.85. The van der Waals surface area contributed by atoms with Crippen LogP contribution in [0.4, 0.5) is 0 Å². The first-order valence-corrected chi connectivity index (χ1v) is 17.2. The van der Waals surface area contributed by atoms with Gasteiger partial charge in [-0.15, -0.1) is 0 Å². The van der Waals surface area contributed by atoms with Gasteiger partial charge in [0.05, 0.1) is 33.7 Å². The van der Waals surface area contributed by atoms with Crippen LogP contribution in [-0.2, 0) is 6.42 Å². The fourth-order valence-electron chi connectivity index (χ4n) is 8.53. The fourth-order valence-corrected chi connectivity index (χ4v) is 8.53. The number of hydrogen-bond acceptors (Lipinski definition) is 2.